The van der Waals surface area contributed by atoms with Crippen molar-refractivity contribution in [1.29, 1.82) is 0 Å². The average molecular weight is 356 g/mol. The fraction of sp³-hybridized carbons (Fsp3) is 0.250. The summed E-state index contributed by atoms with van der Waals surface area (Å²) >= 11 is 0. The van der Waals surface area contributed by atoms with E-state index in [-0.39, 0.29) is 5.91 Å². The van der Waals surface area contributed by atoms with Crippen LogP contribution in [0.15, 0.2) is 77.9 Å². The van der Waals surface area contributed by atoms with Gasteiger partial charge in [-0.25, -0.2) is 5.43 Å². The molecule has 0 aromatic heterocycles. The number of benzene rings is 3. The van der Waals surface area contributed by atoms with Crippen molar-refractivity contribution in [2.45, 2.75) is 38.0 Å². The summed E-state index contributed by atoms with van der Waals surface area (Å²) in [6, 6.07) is 24.9. The van der Waals surface area contributed by atoms with Crippen LogP contribution in [0.2, 0.25) is 0 Å². The first-order chi connectivity index (χ1) is 13.3. The number of nitrogens with zero attached hydrogens (tertiary/aromatic N) is 1. The SMILES string of the molecule is O=C(Cc1cccc2ccccc12)NN=C1CCC(c2ccccc2)CC1. The number of carbonyl (C=O) groups is 1. The second-order valence-electron chi connectivity index (χ2n) is 7.21. The largest absolute Gasteiger partial charge is 0.273 e. The Morgan fingerprint density at radius 2 is 1.59 bits per heavy atom. The first-order valence-electron chi connectivity index (χ1n) is 9.65. The molecule has 0 radical (unpaired) electrons. The molecule has 3 aromatic rings. The molecule has 1 fully saturated rings. The number of hydrazone groups is 1. The van der Waals surface area contributed by atoms with Gasteiger partial charge in [0.15, 0.2) is 0 Å². The third-order valence-corrected chi connectivity index (χ3v) is 5.40. The van der Waals surface area contributed by atoms with Gasteiger partial charge in [0.25, 0.3) is 0 Å². The molecule has 1 amide bonds. The number of hydrogen-bond acceptors (Lipinski definition) is 2. The van der Waals surface area contributed by atoms with Gasteiger partial charge in [0.05, 0.1) is 6.42 Å². The highest BCUT2D eigenvalue weighted by Gasteiger charge is 2.19. The number of amides is 1. The maximum atomic E-state index is 12.4. The molecule has 27 heavy (non-hydrogen) atoms. The molecule has 3 nitrogen and oxygen atoms in total. The summed E-state index contributed by atoms with van der Waals surface area (Å²) in [5.41, 5.74) is 6.33. The topological polar surface area (TPSA) is 41.5 Å². The second-order valence-corrected chi connectivity index (χ2v) is 7.21. The van der Waals surface area contributed by atoms with Crippen molar-refractivity contribution in [3.63, 3.8) is 0 Å². The number of hydrogen-bond donors (Lipinski definition) is 1. The minimum atomic E-state index is -0.0518. The Morgan fingerprint density at radius 1 is 0.889 bits per heavy atom. The summed E-state index contributed by atoms with van der Waals surface area (Å²) in [5.74, 6) is 0.556. The zero-order valence-corrected chi connectivity index (χ0v) is 15.4. The molecule has 1 aliphatic carbocycles. The molecule has 4 rings (SSSR count). The molecule has 0 bridgehead atoms. The molecular weight excluding hydrogens is 332 g/mol. The van der Waals surface area contributed by atoms with Gasteiger partial charge in [0.1, 0.15) is 0 Å². The van der Waals surface area contributed by atoms with E-state index in [0.29, 0.717) is 12.3 Å². The van der Waals surface area contributed by atoms with Crippen LogP contribution in [-0.2, 0) is 11.2 Å². The van der Waals surface area contributed by atoms with E-state index in [9.17, 15) is 4.79 Å². The lowest BCUT2D eigenvalue weighted by Crippen LogP contribution is -2.23. The lowest BCUT2D eigenvalue weighted by molar-refractivity contribution is -0.120. The van der Waals surface area contributed by atoms with Crippen LogP contribution in [0.4, 0.5) is 0 Å². The maximum Gasteiger partial charge on any atom is 0.244 e. The molecule has 0 heterocycles. The van der Waals surface area contributed by atoms with Crippen molar-refractivity contribution < 1.29 is 4.79 Å². The standard InChI is InChI=1S/C24H24N2O/c27-24(17-21-11-6-10-20-9-4-5-12-23(20)21)26-25-22-15-13-19(14-16-22)18-7-2-1-3-8-18/h1-12,19H,13-17H2,(H,26,27). The van der Waals surface area contributed by atoms with Crippen LogP contribution in [-0.4, -0.2) is 11.6 Å². The van der Waals surface area contributed by atoms with E-state index in [4.69, 9.17) is 0 Å². The zero-order valence-electron chi connectivity index (χ0n) is 15.4. The van der Waals surface area contributed by atoms with E-state index in [0.717, 1.165) is 47.7 Å². The minimum Gasteiger partial charge on any atom is -0.273 e. The first kappa shape index (κ1) is 17.5. The van der Waals surface area contributed by atoms with Gasteiger partial charge in [-0.1, -0.05) is 72.8 Å². The number of carbonyl (C=O) groups excluding carboxylic acids is 1. The van der Waals surface area contributed by atoms with Crippen molar-refractivity contribution in [1.82, 2.24) is 5.43 Å². The van der Waals surface area contributed by atoms with Gasteiger partial charge in [-0.2, -0.15) is 5.10 Å². The van der Waals surface area contributed by atoms with E-state index in [1.807, 2.05) is 24.3 Å². The van der Waals surface area contributed by atoms with Gasteiger partial charge < -0.3 is 0 Å². The van der Waals surface area contributed by atoms with E-state index in [1.54, 1.807) is 0 Å². The quantitative estimate of drug-likeness (QED) is 0.640. The zero-order chi connectivity index (χ0) is 18.5. The Labute approximate surface area is 160 Å². The van der Waals surface area contributed by atoms with Gasteiger partial charge in [0, 0.05) is 5.71 Å². The molecule has 0 aliphatic heterocycles. The van der Waals surface area contributed by atoms with Crippen LogP contribution < -0.4 is 5.43 Å². The molecule has 1 saturated carbocycles. The van der Waals surface area contributed by atoms with Crippen molar-refractivity contribution in [2.75, 3.05) is 0 Å². The summed E-state index contributed by atoms with van der Waals surface area (Å²) in [5, 5.41) is 6.70. The second kappa shape index (κ2) is 8.17. The van der Waals surface area contributed by atoms with E-state index in [1.165, 1.54) is 5.56 Å². The van der Waals surface area contributed by atoms with Crippen LogP contribution in [0.3, 0.4) is 0 Å². The van der Waals surface area contributed by atoms with Gasteiger partial charge in [-0.05, 0) is 53.5 Å². The number of fused-ring (bicyclic) bond motifs is 1. The Morgan fingerprint density at radius 3 is 2.41 bits per heavy atom. The average Bonchev–Trinajstić information content (AvgIpc) is 2.74. The molecule has 0 atom stereocenters. The summed E-state index contributed by atoms with van der Waals surface area (Å²) in [4.78, 5) is 12.4. The monoisotopic (exact) mass is 356 g/mol. The van der Waals surface area contributed by atoms with Crippen molar-refractivity contribution in [3.8, 4) is 0 Å². The highest BCUT2D eigenvalue weighted by Crippen LogP contribution is 2.31. The molecular formula is C24H24N2O. The van der Waals surface area contributed by atoms with Gasteiger partial charge in [-0.3, -0.25) is 4.79 Å². The van der Waals surface area contributed by atoms with Crippen LogP contribution >= 0.6 is 0 Å². The predicted octanol–water partition coefficient (Wildman–Crippen LogP) is 5.21. The van der Waals surface area contributed by atoms with Gasteiger partial charge >= 0.3 is 0 Å². The smallest absolute Gasteiger partial charge is 0.244 e. The molecule has 3 aromatic carbocycles. The summed E-state index contributed by atoms with van der Waals surface area (Å²) in [6.07, 6.45) is 4.46. The van der Waals surface area contributed by atoms with Gasteiger partial charge in [0.2, 0.25) is 5.91 Å². The van der Waals surface area contributed by atoms with Crippen LogP contribution in [0.25, 0.3) is 10.8 Å². The Hall–Kier alpha value is -2.94. The predicted molar refractivity (Wildman–Crippen MR) is 111 cm³/mol. The number of rotatable bonds is 4. The third-order valence-electron chi connectivity index (χ3n) is 5.40. The van der Waals surface area contributed by atoms with Gasteiger partial charge in [-0.15, -0.1) is 0 Å². The molecule has 1 N–H and O–H groups in total. The highest BCUT2D eigenvalue weighted by molar-refractivity contribution is 5.91. The van der Waals surface area contributed by atoms with E-state index < -0.39 is 0 Å². The fourth-order valence-electron chi connectivity index (χ4n) is 3.92. The molecule has 0 unspecified atom stereocenters. The Bertz CT molecular complexity index is 947. The lowest BCUT2D eigenvalue weighted by Gasteiger charge is -2.23. The lowest BCUT2D eigenvalue weighted by atomic mass is 9.83. The normalized spacial score (nSPS) is 16.9. The summed E-state index contributed by atoms with van der Waals surface area (Å²) in [6.45, 7) is 0. The van der Waals surface area contributed by atoms with Crippen LogP contribution in [0.1, 0.15) is 42.7 Å². The van der Waals surface area contributed by atoms with Crippen molar-refractivity contribution >= 4 is 22.4 Å². The van der Waals surface area contributed by atoms with Crippen molar-refractivity contribution in [3.05, 3.63) is 83.9 Å². The molecule has 136 valence electrons. The molecule has 0 saturated heterocycles. The van der Waals surface area contributed by atoms with E-state index >= 15 is 0 Å². The molecule has 0 spiro atoms. The first-order valence-corrected chi connectivity index (χ1v) is 9.65. The van der Waals surface area contributed by atoms with Crippen LogP contribution in [0.5, 0.6) is 0 Å². The number of nitrogens with one attached hydrogen (secondary N) is 1. The Balaban J connectivity index is 1.34. The third kappa shape index (κ3) is 4.25. The summed E-state index contributed by atoms with van der Waals surface area (Å²) in [7, 11) is 0. The maximum absolute atomic E-state index is 12.4. The fourth-order valence-corrected chi connectivity index (χ4v) is 3.92. The Kier molecular flexibility index (Phi) is 5.29. The summed E-state index contributed by atoms with van der Waals surface area (Å²) < 4.78 is 0. The molecule has 1 aliphatic rings. The van der Waals surface area contributed by atoms with E-state index in [2.05, 4.69) is 59.1 Å². The van der Waals surface area contributed by atoms with Crippen LogP contribution in [0, 0.1) is 0 Å². The molecule has 3 heteroatoms. The van der Waals surface area contributed by atoms with Crippen molar-refractivity contribution in [2.24, 2.45) is 5.10 Å². The highest BCUT2D eigenvalue weighted by atomic mass is 16.2. The minimum absolute atomic E-state index is 0.0518.